The number of aromatic hydroxyl groups is 1. The van der Waals surface area contributed by atoms with E-state index in [2.05, 4.69) is 0 Å². The van der Waals surface area contributed by atoms with E-state index in [9.17, 15) is 9.90 Å². The second kappa shape index (κ2) is 3.84. The van der Waals surface area contributed by atoms with Crippen molar-refractivity contribution in [1.82, 2.24) is 0 Å². The van der Waals surface area contributed by atoms with Crippen LogP contribution in [0.3, 0.4) is 0 Å². The number of hydrogen-bond donors (Lipinski definition) is 1. The summed E-state index contributed by atoms with van der Waals surface area (Å²) < 4.78 is 0. The largest absolute Gasteiger partial charge is 0.507 e. The summed E-state index contributed by atoms with van der Waals surface area (Å²) in [6, 6.07) is 15.4. The topological polar surface area (TPSA) is 37.3 Å². The second-order valence-corrected chi connectivity index (χ2v) is 4.40. The quantitative estimate of drug-likeness (QED) is 0.514. The fourth-order valence-corrected chi connectivity index (χ4v) is 2.36. The predicted octanol–water partition coefficient (Wildman–Crippen LogP) is 3.90. The monoisotopic (exact) mass is 236 g/mol. The Bertz CT molecular complexity index is 772. The summed E-state index contributed by atoms with van der Waals surface area (Å²) in [5.41, 5.74) is 0.373. The van der Waals surface area contributed by atoms with Crippen LogP contribution >= 0.6 is 0 Å². The molecule has 0 aliphatic heterocycles. The zero-order chi connectivity index (χ0) is 12.7. The lowest BCUT2D eigenvalue weighted by Crippen LogP contribution is -1.93. The smallest absolute Gasteiger partial charge is 0.163 e. The zero-order valence-electron chi connectivity index (χ0n) is 9.97. The Hall–Kier alpha value is -2.35. The van der Waals surface area contributed by atoms with Gasteiger partial charge in [-0.3, -0.25) is 4.79 Å². The first kappa shape index (κ1) is 10.8. The molecule has 0 fully saturated rings. The van der Waals surface area contributed by atoms with Gasteiger partial charge in [-0.25, -0.2) is 0 Å². The van der Waals surface area contributed by atoms with E-state index >= 15 is 0 Å². The summed E-state index contributed by atoms with van der Waals surface area (Å²) in [6.45, 7) is 1.46. The number of fused-ring (bicyclic) bond motifs is 3. The number of Topliss-reactive ketones (excluding diaryl/α,β-unsaturated/α-hetero) is 1. The van der Waals surface area contributed by atoms with Crippen LogP contribution in [0.1, 0.15) is 17.3 Å². The van der Waals surface area contributed by atoms with Gasteiger partial charge in [0.15, 0.2) is 5.78 Å². The molecular formula is C16H12O2. The molecule has 3 aromatic rings. The summed E-state index contributed by atoms with van der Waals surface area (Å²) >= 11 is 0. The number of hydrogen-bond acceptors (Lipinski definition) is 2. The maximum absolute atomic E-state index is 11.4. The van der Waals surface area contributed by atoms with Crippen LogP contribution in [0.4, 0.5) is 0 Å². The molecule has 18 heavy (non-hydrogen) atoms. The Balaban J connectivity index is 2.48. The van der Waals surface area contributed by atoms with Crippen molar-refractivity contribution in [2.24, 2.45) is 0 Å². The van der Waals surface area contributed by atoms with Crippen molar-refractivity contribution in [3.05, 3.63) is 54.1 Å². The van der Waals surface area contributed by atoms with E-state index in [1.165, 1.54) is 6.92 Å². The highest BCUT2D eigenvalue weighted by atomic mass is 16.3. The van der Waals surface area contributed by atoms with Gasteiger partial charge in [0.25, 0.3) is 0 Å². The van der Waals surface area contributed by atoms with Crippen LogP contribution in [0.5, 0.6) is 5.75 Å². The maximum atomic E-state index is 11.4. The minimum Gasteiger partial charge on any atom is -0.507 e. The molecule has 0 amide bonds. The molecular weight excluding hydrogens is 224 g/mol. The first-order valence-electron chi connectivity index (χ1n) is 5.83. The van der Waals surface area contributed by atoms with Crippen LogP contribution in [0.15, 0.2) is 48.5 Å². The van der Waals surface area contributed by atoms with Gasteiger partial charge in [0.2, 0.25) is 0 Å². The lowest BCUT2D eigenvalue weighted by Gasteiger charge is -2.08. The Morgan fingerprint density at radius 1 is 0.889 bits per heavy atom. The lowest BCUT2D eigenvalue weighted by atomic mass is 9.98. The van der Waals surface area contributed by atoms with Crippen molar-refractivity contribution in [3.8, 4) is 5.75 Å². The van der Waals surface area contributed by atoms with E-state index in [0.29, 0.717) is 5.56 Å². The predicted molar refractivity (Wildman–Crippen MR) is 73.1 cm³/mol. The molecule has 0 atom stereocenters. The first-order valence-corrected chi connectivity index (χ1v) is 5.83. The number of phenolic OH excluding ortho intramolecular Hbond substituents is 1. The van der Waals surface area contributed by atoms with Crippen LogP contribution in [0, 0.1) is 0 Å². The molecule has 0 bridgehead atoms. The second-order valence-electron chi connectivity index (χ2n) is 4.40. The van der Waals surface area contributed by atoms with Gasteiger partial charge in [-0.05, 0) is 35.2 Å². The molecule has 0 heterocycles. The Morgan fingerprint density at radius 3 is 2.39 bits per heavy atom. The third-order valence-electron chi connectivity index (χ3n) is 3.28. The van der Waals surface area contributed by atoms with Gasteiger partial charge in [-0.1, -0.05) is 36.4 Å². The van der Waals surface area contributed by atoms with E-state index in [1.54, 1.807) is 6.07 Å². The number of carbonyl (C=O) groups excluding carboxylic acids is 1. The SMILES string of the molecule is CC(=O)c1ccc2c(ccc3ccccc32)c1O. The third-order valence-corrected chi connectivity index (χ3v) is 3.28. The Labute approximate surface area is 104 Å². The molecule has 0 aliphatic rings. The van der Waals surface area contributed by atoms with E-state index in [0.717, 1.165) is 21.5 Å². The Kier molecular flexibility index (Phi) is 2.30. The minimum atomic E-state index is -0.123. The lowest BCUT2D eigenvalue weighted by molar-refractivity contribution is 0.101. The first-order chi connectivity index (χ1) is 8.68. The molecule has 0 unspecified atom stereocenters. The summed E-state index contributed by atoms with van der Waals surface area (Å²) in [4.78, 5) is 11.4. The van der Waals surface area contributed by atoms with E-state index in [-0.39, 0.29) is 11.5 Å². The number of benzene rings is 3. The van der Waals surface area contributed by atoms with Crippen molar-refractivity contribution in [1.29, 1.82) is 0 Å². The Morgan fingerprint density at radius 2 is 1.61 bits per heavy atom. The van der Waals surface area contributed by atoms with Gasteiger partial charge >= 0.3 is 0 Å². The molecule has 2 heteroatoms. The number of carbonyl (C=O) groups is 1. The summed E-state index contributed by atoms with van der Waals surface area (Å²) in [5, 5.41) is 14.1. The van der Waals surface area contributed by atoms with Crippen LogP contribution in [-0.2, 0) is 0 Å². The molecule has 1 N–H and O–H groups in total. The van der Waals surface area contributed by atoms with E-state index in [4.69, 9.17) is 0 Å². The standard InChI is InChI=1S/C16H12O2/c1-10(17)12-8-9-14-13-5-3-2-4-11(13)6-7-15(14)16(12)18/h2-9,18H,1H3. The highest BCUT2D eigenvalue weighted by Gasteiger charge is 2.11. The van der Waals surface area contributed by atoms with E-state index in [1.807, 2.05) is 42.5 Å². The van der Waals surface area contributed by atoms with Crippen LogP contribution in [0.25, 0.3) is 21.5 Å². The fraction of sp³-hybridized carbons (Fsp3) is 0.0625. The molecule has 0 aliphatic carbocycles. The third kappa shape index (κ3) is 1.46. The molecule has 2 nitrogen and oxygen atoms in total. The van der Waals surface area contributed by atoms with Crippen LogP contribution in [-0.4, -0.2) is 10.9 Å². The number of ketones is 1. The fourth-order valence-electron chi connectivity index (χ4n) is 2.36. The average molecular weight is 236 g/mol. The molecule has 88 valence electrons. The van der Waals surface area contributed by atoms with Crippen molar-refractivity contribution < 1.29 is 9.90 Å². The highest BCUT2D eigenvalue weighted by molar-refractivity contribution is 6.12. The average Bonchev–Trinajstić information content (AvgIpc) is 2.38. The summed E-state index contributed by atoms with van der Waals surface area (Å²) in [6.07, 6.45) is 0. The highest BCUT2D eigenvalue weighted by Crippen LogP contribution is 2.33. The molecule has 0 spiro atoms. The molecule has 0 radical (unpaired) electrons. The van der Waals surface area contributed by atoms with Crippen LogP contribution < -0.4 is 0 Å². The van der Waals surface area contributed by atoms with Gasteiger partial charge in [-0.2, -0.15) is 0 Å². The molecule has 0 aromatic heterocycles. The van der Waals surface area contributed by atoms with Gasteiger partial charge in [0, 0.05) is 5.39 Å². The van der Waals surface area contributed by atoms with Gasteiger partial charge < -0.3 is 5.11 Å². The number of rotatable bonds is 1. The van der Waals surface area contributed by atoms with Crippen molar-refractivity contribution >= 4 is 27.3 Å². The molecule has 3 aromatic carbocycles. The van der Waals surface area contributed by atoms with E-state index < -0.39 is 0 Å². The minimum absolute atomic E-state index is 0.0748. The summed E-state index contributed by atoms with van der Waals surface area (Å²) in [5.74, 6) is -0.0479. The molecule has 3 rings (SSSR count). The van der Waals surface area contributed by atoms with Crippen molar-refractivity contribution in [2.45, 2.75) is 6.92 Å². The van der Waals surface area contributed by atoms with Gasteiger partial charge in [0.05, 0.1) is 5.56 Å². The summed E-state index contributed by atoms with van der Waals surface area (Å²) in [7, 11) is 0. The number of phenols is 1. The maximum Gasteiger partial charge on any atom is 0.163 e. The van der Waals surface area contributed by atoms with Gasteiger partial charge in [-0.15, -0.1) is 0 Å². The van der Waals surface area contributed by atoms with Crippen LogP contribution in [0.2, 0.25) is 0 Å². The zero-order valence-corrected chi connectivity index (χ0v) is 9.97. The normalized spacial score (nSPS) is 10.9. The molecule has 0 saturated carbocycles. The molecule has 0 saturated heterocycles. The van der Waals surface area contributed by atoms with Crippen molar-refractivity contribution in [2.75, 3.05) is 0 Å². The van der Waals surface area contributed by atoms with Crippen molar-refractivity contribution in [3.63, 3.8) is 0 Å². The van der Waals surface area contributed by atoms with Gasteiger partial charge in [0.1, 0.15) is 5.75 Å².